The minimum absolute atomic E-state index is 0.0714. The molecule has 3 aromatic carbocycles. The van der Waals surface area contributed by atoms with Crippen molar-refractivity contribution in [3.8, 4) is 11.5 Å². The largest absolute Gasteiger partial charge is 0.508 e. The topological polar surface area (TPSA) is 114 Å². The van der Waals surface area contributed by atoms with Gasteiger partial charge in [0.25, 0.3) is 0 Å². The van der Waals surface area contributed by atoms with Crippen LogP contribution in [0.2, 0.25) is 10.0 Å². The van der Waals surface area contributed by atoms with Gasteiger partial charge in [0.05, 0.1) is 18.2 Å². The van der Waals surface area contributed by atoms with Crippen molar-refractivity contribution in [2.75, 3.05) is 7.11 Å². The zero-order chi connectivity index (χ0) is 25.8. The predicted molar refractivity (Wildman–Crippen MR) is 139 cm³/mol. The van der Waals surface area contributed by atoms with Crippen LogP contribution in [-0.2, 0) is 29.0 Å². The molecule has 0 aromatic heterocycles. The predicted octanol–water partition coefficient (Wildman–Crippen LogP) is 3.92. The Morgan fingerprint density at radius 3 is 2.33 bits per heavy atom. The van der Waals surface area contributed by atoms with Crippen LogP contribution in [-0.4, -0.2) is 30.1 Å². The summed E-state index contributed by atoms with van der Waals surface area (Å²) in [5.41, 5.74) is 8.92. The molecule has 4 rings (SSSR count). The minimum Gasteiger partial charge on any atom is -0.508 e. The Morgan fingerprint density at radius 2 is 1.72 bits per heavy atom. The van der Waals surface area contributed by atoms with E-state index in [0.717, 1.165) is 0 Å². The Labute approximate surface area is 219 Å². The van der Waals surface area contributed by atoms with Crippen LogP contribution in [0.1, 0.15) is 28.3 Å². The molecule has 0 saturated heterocycles. The molecule has 36 heavy (non-hydrogen) atoms. The second-order valence-electron chi connectivity index (χ2n) is 8.77. The Bertz CT molecular complexity index is 1240. The number of nitrogens with one attached hydrogen (secondary N) is 2. The Morgan fingerprint density at radius 1 is 1.08 bits per heavy atom. The molecule has 7 nitrogen and oxygen atoms in total. The molecule has 0 fully saturated rings. The van der Waals surface area contributed by atoms with Crippen LogP contribution in [0.15, 0.2) is 60.7 Å². The summed E-state index contributed by atoms with van der Waals surface area (Å²) < 4.78 is 5.37. The van der Waals surface area contributed by atoms with E-state index in [2.05, 4.69) is 10.6 Å². The third-order valence-electron chi connectivity index (χ3n) is 6.49. The van der Waals surface area contributed by atoms with E-state index in [9.17, 15) is 14.7 Å². The summed E-state index contributed by atoms with van der Waals surface area (Å²) in [6.45, 7) is 0.114. The van der Waals surface area contributed by atoms with E-state index in [1.54, 1.807) is 24.3 Å². The normalized spacial score (nSPS) is 14.6. The lowest BCUT2D eigenvalue weighted by Crippen LogP contribution is -2.51. The third-order valence-corrected chi connectivity index (χ3v) is 7.05. The zero-order valence-electron chi connectivity index (χ0n) is 19.6. The number of fused-ring (bicyclic) bond motifs is 1. The molecular weight excluding hydrogens is 501 g/mol. The number of hydrogen-bond acceptors (Lipinski definition) is 5. The highest BCUT2D eigenvalue weighted by Crippen LogP contribution is 2.33. The Hall–Kier alpha value is -3.26. The molecule has 0 aliphatic heterocycles. The SMILES string of the molecule is COc1ccccc1[C@@H](NC(=O)[C@H](NCc1c(O)cc(Cl)cc1Cl)C1Cc2ccccc2C1)C(N)=O. The summed E-state index contributed by atoms with van der Waals surface area (Å²) in [5, 5.41) is 17.0. The molecule has 0 spiro atoms. The fourth-order valence-electron chi connectivity index (χ4n) is 4.72. The van der Waals surface area contributed by atoms with Crippen LogP contribution in [0.3, 0.4) is 0 Å². The first kappa shape index (κ1) is 25.8. The van der Waals surface area contributed by atoms with Gasteiger partial charge in [-0.1, -0.05) is 65.7 Å². The number of carbonyl (C=O) groups excluding carboxylic acids is 2. The lowest BCUT2D eigenvalue weighted by molar-refractivity contribution is -0.129. The van der Waals surface area contributed by atoms with Gasteiger partial charge in [-0.3, -0.25) is 9.59 Å². The van der Waals surface area contributed by atoms with Gasteiger partial charge < -0.3 is 26.2 Å². The van der Waals surface area contributed by atoms with Crippen molar-refractivity contribution in [3.05, 3.63) is 93.0 Å². The summed E-state index contributed by atoms with van der Waals surface area (Å²) in [6, 6.07) is 16.1. The Balaban J connectivity index is 1.61. The molecule has 188 valence electrons. The lowest BCUT2D eigenvalue weighted by Gasteiger charge is -2.27. The number of carbonyl (C=O) groups is 2. The molecule has 0 saturated carbocycles. The van der Waals surface area contributed by atoms with Gasteiger partial charge in [-0.2, -0.15) is 0 Å². The number of benzene rings is 3. The highest BCUT2D eigenvalue weighted by Gasteiger charge is 2.35. The van der Waals surface area contributed by atoms with Gasteiger partial charge in [0.1, 0.15) is 17.5 Å². The van der Waals surface area contributed by atoms with E-state index in [1.807, 2.05) is 24.3 Å². The molecule has 0 unspecified atom stereocenters. The first-order chi connectivity index (χ1) is 17.3. The van der Waals surface area contributed by atoms with E-state index in [0.29, 0.717) is 34.7 Å². The van der Waals surface area contributed by atoms with Crippen LogP contribution in [0.4, 0.5) is 0 Å². The summed E-state index contributed by atoms with van der Waals surface area (Å²) >= 11 is 12.3. The van der Waals surface area contributed by atoms with Crippen molar-refractivity contribution in [1.29, 1.82) is 0 Å². The van der Waals surface area contributed by atoms with Crippen LogP contribution >= 0.6 is 23.2 Å². The van der Waals surface area contributed by atoms with Gasteiger partial charge in [-0.15, -0.1) is 0 Å². The molecule has 0 heterocycles. The number of methoxy groups -OCH3 is 1. The Kier molecular flexibility index (Phi) is 8.04. The summed E-state index contributed by atoms with van der Waals surface area (Å²) in [7, 11) is 1.49. The van der Waals surface area contributed by atoms with Crippen LogP contribution in [0.25, 0.3) is 0 Å². The van der Waals surface area contributed by atoms with Crippen LogP contribution in [0, 0.1) is 5.92 Å². The molecule has 2 atom stereocenters. The maximum absolute atomic E-state index is 13.7. The number of hydrogen-bond donors (Lipinski definition) is 4. The average Bonchev–Trinajstić information content (AvgIpc) is 3.27. The first-order valence-corrected chi connectivity index (χ1v) is 12.2. The van der Waals surface area contributed by atoms with E-state index >= 15 is 0 Å². The van der Waals surface area contributed by atoms with Gasteiger partial charge >= 0.3 is 0 Å². The fraction of sp³-hybridized carbons (Fsp3) is 0.259. The highest BCUT2D eigenvalue weighted by molar-refractivity contribution is 6.35. The number of phenols is 1. The van der Waals surface area contributed by atoms with Crippen molar-refractivity contribution in [2.45, 2.75) is 31.5 Å². The van der Waals surface area contributed by atoms with E-state index in [1.165, 1.54) is 30.4 Å². The van der Waals surface area contributed by atoms with E-state index in [-0.39, 0.29) is 23.2 Å². The molecule has 9 heteroatoms. The fourth-order valence-corrected chi connectivity index (χ4v) is 5.27. The number of para-hydroxylation sites is 1. The van der Waals surface area contributed by atoms with Crippen LogP contribution < -0.4 is 21.1 Å². The first-order valence-electron chi connectivity index (χ1n) is 11.5. The van der Waals surface area contributed by atoms with E-state index in [4.69, 9.17) is 33.7 Å². The molecular formula is C27H27Cl2N3O4. The van der Waals surface area contributed by atoms with Gasteiger partial charge in [-0.05, 0) is 48.1 Å². The van der Waals surface area contributed by atoms with Crippen molar-refractivity contribution in [3.63, 3.8) is 0 Å². The number of aromatic hydroxyl groups is 1. The molecule has 3 aromatic rings. The maximum Gasteiger partial charge on any atom is 0.244 e. The number of halogens is 2. The summed E-state index contributed by atoms with van der Waals surface area (Å²) in [5.74, 6) is -0.830. The highest BCUT2D eigenvalue weighted by atomic mass is 35.5. The number of primary amides is 1. The molecule has 0 radical (unpaired) electrons. The van der Waals surface area contributed by atoms with Crippen LogP contribution in [0.5, 0.6) is 11.5 Å². The van der Waals surface area contributed by atoms with Gasteiger partial charge in [0.2, 0.25) is 11.8 Å². The quantitative estimate of drug-likeness (QED) is 0.336. The number of amides is 2. The number of ether oxygens (including phenoxy) is 1. The van der Waals surface area contributed by atoms with Gasteiger partial charge in [0, 0.05) is 22.7 Å². The second-order valence-corrected chi connectivity index (χ2v) is 9.61. The zero-order valence-corrected chi connectivity index (χ0v) is 21.1. The average molecular weight is 528 g/mol. The second kappa shape index (κ2) is 11.2. The van der Waals surface area contributed by atoms with E-state index < -0.39 is 23.9 Å². The monoisotopic (exact) mass is 527 g/mol. The summed E-state index contributed by atoms with van der Waals surface area (Å²) in [6.07, 6.45) is 1.36. The maximum atomic E-state index is 13.7. The molecule has 1 aliphatic carbocycles. The lowest BCUT2D eigenvalue weighted by atomic mass is 9.94. The van der Waals surface area contributed by atoms with Gasteiger partial charge in [0.15, 0.2) is 0 Å². The van der Waals surface area contributed by atoms with Crippen molar-refractivity contribution < 1.29 is 19.4 Å². The number of phenolic OH excluding ortho intramolecular Hbond substituents is 1. The molecule has 5 N–H and O–H groups in total. The standard InChI is InChI=1S/C27H27Cl2N3O4/c1-36-23-9-5-4-8-19(23)25(26(30)34)32-27(35)24(17-10-15-6-2-3-7-16(15)11-17)31-14-20-21(29)12-18(28)13-22(20)33/h2-9,12-13,17,24-25,31,33H,10-11,14H2,1H3,(H2,30,34)(H,32,35)/t24-,25-/m1/s1. The number of rotatable bonds is 9. The summed E-state index contributed by atoms with van der Waals surface area (Å²) in [4.78, 5) is 26.1. The minimum atomic E-state index is -1.09. The third kappa shape index (κ3) is 5.59. The van der Waals surface area contributed by atoms with Crippen molar-refractivity contribution in [2.24, 2.45) is 11.7 Å². The smallest absolute Gasteiger partial charge is 0.244 e. The molecule has 1 aliphatic rings. The van der Waals surface area contributed by atoms with Crippen molar-refractivity contribution >= 4 is 35.0 Å². The van der Waals surface area contributed by atoms with Crippen molar-refractivity contribution in [1.82, 2.24) is 10.6 Å². The van der Waals surface area contributed by atoms with Gasteiger partial charge in [-0.25, -0.2) is 0 Å². The number of nitrogens with two attached hydrogens (primary N) is 1. The molecule has 2 amide bonds. The molecule has 0 bridgehead atoms.